The molecule has 7 nitrogen and oxygen atoms in total. The standard InChI is InChI=1S/C23H30N2O5S/c1-13(15-8-9-15)17-11-10-16-6-5-7-18(16)21(17)24-22(26)25-31(28,29)20-12-19(14(2)30-20)23(3,4)27/h10-13,15,27H,5-9H2,1-4H3,(H2,24,25,26). The smallest absolute Gasteiger partial charge is 0.333 e. The average molecular weight is 447 g/mol. The van der Waals surface area contributed by atoms with E-state index in [0.717, 1.165) is 36.1 Å². The number of carbonyl (C=O) groups is 1. The molecule has 1 aromatic carbocycles. The van der Waals surface area contributed by atoms with E-state index >= 15 is 0 Å². The van der Waals surface area contributed by atoms with Gasteiger partial charge in [0, 0.05) is 17.3 Å². The maximum atomic E-state index is 12.8. The summed E-state index contributed by atoms with van der Waals surface area (Å²) in [5.41, 5.74) is 3.22. The summed E-state index contributed by atoms with van der Waals surface area (Å²) in [6.07, 6.45) is 5.22. The molecule has 1 aromatic heterocycles. The number of sulfonamides is 1. The fourth-order valence-electron chi connectivity index (χ4n) is 4.57. The summed E-state index contributed by atoms with van der Waals surface area (Å²) in [5, 5.41) is 12.6. The molecule has 2 aliphatic carbocycles. The van der Waals surface area contributed by atoms with Crippen LogP contribution in [-0.4, -0.2) is 19.6 Å². The molecule has 1 unspecified atom stereocenters. The van der Waals surface area contributed by atoms with Crippen LogP contribution in [0.5, 0.6) is 0 Å². The van der Waals surface area contributed by atoms with Crippen LogP contribution in [0.15, 0.2) is 27.7 Å². The van der Waals surface area contributed by atoms with E-state index in [2.05, 4.69) is 29.1 Å². The molecule has 0 radical (unpaired) electrons. The lowest BCUT2D eigenvalue weighted by atomic mass is 9.91. The first-order valence-corrected chi connectivity index (χ1v) is 12.3. The second-order valence-corrected chi connectivity index (χ2v) is 10.9. The molecule has 0 bridgehead atoms. The molecule has 1 atom stereocenters. The van der Waals surface area contributed by atoms with E-state index in [-0.39, 0.29) is 5.76 Å². The van der Waals surface area contributed by atoms with E-state index < -0.39 is 26.7 Å². The van der Waals surface area contributed by atoms with Crippen molar-refractivity contribution in [2.75, 3.05) is 5.32 Å². The first-order chi connectivity index (χ1) is 14.5. The van der Waals surface area contributed by atoms with Gasteiger partial charge in [0.1, 0.15) is 5.76 Å². The molecule has 1 fully saturated rings. The van der Waals surface area contributed by atoms with Crippen molar-refractivity contribution in [2.45, 2.75) is 76.4 Å². The highest BCUT2D eigenvalue weighted by Gasteiger charge is 2.33. The van der Waals surface area contributed by atoms with Gasteiger partial charge in [0.25, 0.3) is 10.0 Å². The van der Waals surface area contributed by atoms with Gasteiger partial charge >= 0.3 is 6.03 Å². The summed E-state index contributed by atoms with van der Waals surface area (Å²) in [6, 6.07) is 4.65. The van der Waals surface area contributed by atoms with E-state index in [1.54, 1.807) is 20.8 Å². The Morgan fingerprint density at radius 1 is 1.26 bits per heavy atom. The summed E-state index contributed by atoms with van der Waals surface area (Å²) in [7, 11) is -4.23. The molecular weight excluding hydrogens is 416 g/mol. The third kappa shape index (κ3) is 4.36. The van der Waals surface area contributed by atoms with Crippen LogP contribution in [0.4, 0.5) is 10.5 Å². The minimum absolute atomic E-state index is 0.287. The second-order valence-electron chi connectivity index (χ2n) is 9.30. The number of benzene rings is 1. The van der Waals surface area contributed by atoms with Gasteiger partial charge in [-0.15, -0.1) is 0 Å². The monoisotopic (exact) mass is 446 g/mol. The summed E-state index contributed by atoms with van der Waals surface area (Å²) in [6.45, 7) is 6.82. The lowest BCUT2D eigenvalue weighted by Crippen LogP contribution is -2.35. The van der Waals surface area contributed by atoms with Crippen molar-refractivity contribution < 1.29 is 22.7 Å². The summed E-state index contributed by atoms with van der Waals surface area (Å²) >= 11 is 0. The van der Waals surface area contributed by atoms with Crippen LogP contribution < -0.4 is 10.0 Å². The largest absolute Gasteiger partial charge is 0.448 e. The molecule has 0 saturated heterocycles. The van der Waals surface area contributed by atoms with Crippen LogP contribution in [0.1, 0.15) is 74.0 Å². The molecular formula is C23H30N2O5S. The minimum atomic E-state index is -4.23. The molecule has 168 valence electrons. The maximum Gasteiger partial charge on any atom is 0.333 e. The third-order valence-electron chi connectivity index (χ3n) is 6.42. The first-order valence-electron chi connectivity index (χ1n) is 10.8. The first kappa shape index (κ1) is 21.9. The average Bonchev–Trinajstić information content (AvgIpc) is 3.24. The number of aliphatic hydroxyl groups is 1. The van der Waals surface area contributed by atoms with Gasteiger partial charge < -0.3 is 14.8 Å². The minimum Gasteiger partial charge on any atom is -0.448 e. The fraction of sp³-hybridized carbons (Fsp3) is 0.522. The van der Waals surface area contributed by atoms with Gasteiger partial charge in [-0.05, 0) is 81.4 Å². The zero-order chi connectivity index (χ0) is 22.6. The molecule has 31 heavy (non-hydrogen) atoms. The highest BCUT2D eigenvalue weighted by molar-refractivity contribution is 7.89. The van der Waals surface area contributed by atoms with E-state index in [1.165, 1.54) is 24.5 Å². The van der Waals surface area contributed by atoms with Gasteiger partial charge in [-0.1, -0.05) is 19.1 Å². The topological polar surface area (TPSA) is 109 Å². The van der Waals surface area contributed by atoms with Gasteiger partial charge in [-0.2, -0.15) is 8.42 Å². The molecule has 3 N–H and O–H groups in total. The Morgan fingerprint density at radius 2 is 1.97 bits per heavy atom. The number of rotatable bonds is 6. The molecule has 0 aliphatic heterocycles. The van der Waals surface area contributed by atoms with Crippen LogP contribution in [-0.2, 0) is 28.5 Å². The molecule has 2 aromatic rings. The number of carbonyl (C=O) groups excluding carboxylic acids is 1. The van der Waals surface area contributed by atoms with Crippen molar-refractivity contribution in [1.82, 2.24) is 4.72 Å². The van der Waals surface area contributed by atoms with Crippen LogP contribution in [0.2, 0.25) is 0 Å². The summed E-state index contributed by atoms with van der Waals surface area (Å²) in [4.78, 5) is 12.8. The Morgan fingerprint density at radius 3 is 2.58 bits per heavy atom. The number of hydrogen-bond acceptors (Lipinski definition) is 5. The van der Waals surface area contributed by atoms with Crippen molar-refractivity contribution in [3.05, 3.63) is 46.2 Å². The Balaban J connectivity index is 1.59. The molecule has 0 spiro atoms. The zero-order valence-corrected chi connectivity index (χ0v) is 19.2. The Bertz CT molecular complexity index is 1120. The zero-order valence-electron chi connectivity index (χ0n) is 18.4. The van der Waals surface area contributed by atoms with E-state index in [1.807, 2.05) is 0 Å². The van der Waals surface area contributed by atoms with Crippen LogP contribution in [0.25, 0.3) is 0 Å². The highest BCUT2D eigenvalue weighted by atomic mass is 32.2. The van der Waals surface area contributed by atoms with Crippen molar-refractivity contribution >= 4 is 21.7 Å². The maximum absolute atomic E-state index is 12.8. The summed E-state index contributed by atoms with van der Waals surface area (Å²) in [5.74, 6) is 1.20. The van der Waals surface area contributed by atoms with Gasteiger partial charge in [0.15, 0.2) is 0 Å². The highest BCUT2D eigenvalue weighted by Crippen LogP contribution is 2.46. The Kier molecular flexibility index (Phi) is 5.42. The van der Waals surface area contributed by atoms with Gasteiger partial charge in [-0.25, -0.2) is 9.52 Å². The van der Waals surface area contributed by atoms with Gasteiger partial charge in [0.2, 0.25) is 5.09 Å². The van der Waals surface area contributed by atoms with E-state index in [0.29, 0.717) is 17.4 Å². The van der Waals surface area contributed by atoms with E-state index in [9.17, 15) is 18.3 Å². The lowest BCUT2D eigenvalue weighted by Gasteiger charge is -2.20. The van der Waals surface area contributed by atoms with Crippen molar-refractivity contribution in [3.63, 3.8) is 0 Å². The number of anilines is 1. The Labute approximate surface area is 183 Å². The van der Waals surface area contributed by atoms with Crippen LogP contribution in [0, 0.1) is 12.8 Å². The number of nitrogens with one attached hydrogen (secondary N) is 2. The fourth-order valence-corrected chi connectivity index (χ4v) is 5.47. The number of furan rings is 1. The SMILES string of the molecule is Cc1oc(S(=O)(=O)NC(=O)Nc2c(C(C)C3CC3)ccc3c2CCC3)cc1C(C)(C)O. The molecule has 2 amide bonds. The summed E-state index contributed by atoms with van der Waals surface area (Å²) < 4.78 is 32.9. The van der Waals surface area contributed by atoms with Crippen molar-refractivity contribution in [1.29, 1.82) is 0 Å². The predicted molar refractivity (Wildman–Crippen MR) is 118 cm³/mol. The van der Waals surface area contributed by atoms with Crippen molar-refractivity contribution in [3.8, 4) is 0 Å². The number of fused-ring (bicyclic) bond motifs is 1. The van der Waals surface area contributed by atoms with Crippen LogP contribution >= 0.6 is 0 Å². The number of aryl methyl sites for hydroxylation is 2. The van der Waals surface area contributed by atoms with Crippen LogP contribution in [0.3, 0.4) is 0 Å². The molecule has 2 aliphatic rings. The molecule has 1 saturated carbocycles. The predicted octanol–water partition coefficient (Wildman–Crippen LogP) is 4.33. The quantitative estimate of drug-likeness (QED) is 0.612. The second kappa shape index (κ2) is 7.67. The lowest BCUT2D eigenvalue weighted by molar-refractivity contribution is 0.0769. The number of urea groups is 1. The molecule has 1 heterocycles. The molecule has 4 rings (SSSR count). The van der Waals surface area contributed by atoms with Crippen molar-refractivity contribution in [2.24, 2.45) is 5.92 Å². The molecule has 8 heteroatoms. The normalized spacial score (nSPS) is 17.3. The number of hydrogen-bond donors (Lipinski definition) is 3. The van der Waals surface area contributed by atoms with Gasteiger partial charge in [-0.3, -0.25) is 0 Å². The number of amides is 2. The van der Waals surface area contributed by atoms with E-state index in [4.69, 9.17) is 4.42 Å². The van der Waals surface area contributed by atoms with Gasteiger partial charge in [0.05, 0.1) is 5.60 Å². The third-order valence-corrected chi connectivity index (χ3v) is 7.60. The Hall–Kier alpha value is -2.32.